The van der Waals surface area contributed by atoms with Crippen LogP contribution in [0, 0.1) is 6.92 Å². The van der Waals surface area contributed by atoms with E-state index in [-0.39, 0.29) is 6.10 Å². The molecule has 0 heterocycles. The van der Waals surface area contributed by atoms with E-state index in [1.807, 2.05) is 43.3 Å². The summed E-state index contributed by atoms with van der Waals surface area (Å²) in [5, 5.41) is 11.0. The molecule has 2 unspecified atom stereocenters. The highest BCUT2D eigenvalue weighted by atomic mass is 35.5. The van der Waals surface area contributed by atoms with E-state index in [4.69, 9.17) is 11.6 Å². The first-order valence-electron chi connectivity index (χ1n) is 7.04. The molecule has 0 saturated carbocycles. The van der Waals surface area contributed by atoms with Gasteiger partial charge in [0.2, 0.25) is 0 Å². The molecular formula is C18H21ClO. The number of benzene rings is 2. The van der Waals surface area contributed by atoms with Crippen LogP contribution >= 0.6 is 11.6 Å². The number of hydrogen-bond donors (Lipinski definition) is 1. The molecule has 0 spiro atoms. The van der Waals surface area contributed by atoms with E-state index in [0.717, 1.165) is 22.6 Å². The van der Waals surface area contributed by atoms with Crippen molar-refractivity contribution in [2.24, 2.45) is 0 Å². The molecule has 0 fully saturated rings. The summed E-state index contributed by atoms with van der Waals surface area (Å²) in [4.78, 5) is 0. The lowest BCUT2D eigenvalue weighted by Gasteiger charge is -2.17. The van der Waals surface area contributed by atoms with Gasteiger partial charge in [0.25, 0.3) is 0 Å². The summed E-state index contributed by atoms with van der Waals surface area (Å²) < 4.78 is 0. The van der Waals surface area contributed by atoms with E-state index >= 15 is 0 Å². The van der Waals surface area contributed by atoms with E-state index in [0.29, 0.717) is 12.3 Å². The molecule has 2 aromatic rings. The molecule has 0 saturated heterocycles. The van der Waals surface area contributed by atoms with Crippen molar-refractivity contribution in [3.8, 4) is 0 Å². The Kier molecular flexibility index (Phi) is 5.22. The van der Waals surface area contributed by atoms with Gasteiger partial charge in [-0.05, 0) is 48.4 Å². The third kappa shape index (κ3) is 4.09. The van der Waals surface area contributed by atoms with E-state index in [1.165, 1.54) is 5.56 Å². The van der Waals surface area contributed by atoms with Crippen LogP contribution in [0.15, 0.2) is 48.5 Å². The number of halogens is 1. The molecule has 106 valence electrons. The second-order valence-corrected chi connectivity index (χ2v) is 5.91. The van der Waals surface area contributed by atoms with Crippen LogP contribution in [0.5, 0.6) is 0 Å². The van der Waals surface area contributed by atoms with Crippen molar-refractivity contribution in [1.29, 1.82) is 0 Å². The molecule has 2 heteroatoms. The van der Waals surface area contributed by atoms with Crippen molar-refractivity contribution >= 4 is 11.6 Å². The van der Waals surface area contributed by atoms with Crippen LogP contribution in [0.25, 0.3) is 0 Å². The molecule has 2 atom stereocenters. The van der Waals surface area contributed by atoms with Gasteiger partial charge in [0, 0.05) is 5.02 Å². The molecule has 1 nitrogen and oxygen atoms in total. The minimum atomic E-state index is -0.370. The standard InChI is InChI=1S/C18H21ClO/c1-13-8-9-16(18(19)10-13)12-17(20)11-14(2)15-6-4-3-5-7-15/h3-10,14,17,20H,11-12H2,1-2H3. The Balaban J connectivity index is 1.97. The van der Waals surface area contributed by atoms with Gasteiger partial charge in [-0.2, -0.15) is 0 Å². The lowest BCUT2D eigenvalue weighted by Crippen LogP contribution is -2.14. The van der Waals surface area contributed by atoms with Crippen molar-refractivity contribution in [2.45, 2.75) is 38.7 Å². The van der Waals surface area contributed by atoms with Crippen LogP contribution < -0.4 is 0 Å². The van der Waals surface area contributed by atoms with Crippen LogP contribution in [0.2, 0.25) is 5.02 Å². The van der Waals surface area contributed by atoms with E-state index in [1.54, 1.807) is 0 Å². The summed E-state index contributed by atoms with van der Waals surface area (Å²) in [7, 11) is 0. The maximum Gasteiger partial charge on any atom is 0.0586 e. The van der Waals surface area contributed by atoms with E-state index < -0.39 is 0 Å². The first-order chi connectivity index (χ1) is 9.56. The van der Waals surface area contributed by atoms with Gasteiger partial charge in [-0.1, -0.05) is 61.0 Å². The molecule has 0 radical (unpaired) electrons. The van der Waals surface area contributed by atoms with Crippen molar-refractivity contribution in [2.75, 3.05) is 0 Å². The Hall–Kier alpha value is -1.31. The third-order valence-electron chi connectivity index (χ3n) is 3.66. The Labute approximate surface area is 126 Å². The van der Waals surface area contributed by atoms with Gasteiger partial charge in [0.15, 0.2) is 0 Å². The van der Waals surface area contributed by atoms with Crippen LogP contribution in [-0.4, -0.2) is 11.2 Å². The summed E-state index contributed by atoms with van der Waals surface area (Å²) in [6, 6.07) is 16.3. The second kappa shape index (κ2) is 6.92. The number of aliphatic hydroxyl groups excluding tert-OH is 1. The lowest BCUT2D eigenvalue weighted by molar-refractivity contribution is 0.157. The molecule has 2 aromatic carbocycles. The second-order valence-electron chi connectivity index (χ2n) is 5.50. The molecule has 0 amide bonds. The molecule has 0 aliphatic carbocycles. The average Bonchev–Trinajstić information content (AvgIpc) is 2.43. The Morgan fingerprint density at radius 2 is 1.80 bits per heavy atom. The molecule has 2 rings (SSSR count). The maximum absolute atomic E-state index is 10.3. The first-order valence-corrected chi connectivity index (χ1v) is 7.42. The quantitative estimate of drug-likeness (QED) is 0.842. The largest absolute Gasteiger partial charge is 0.393 e. The predicted molar refractivity (Wildman–Crippen MR) is 85.4 cm³/mol. The van der Waals surface area contributed by atoms with Crippen LogP contribution in [-0.2, 0) is 6.42 Å². The highest BCUT2D eigenvalue weighted by molar-refractivity contribution is 6.31. The summed E-state index contributed by atoms with van der Waals surface area (Å²) in [6.45, 7) is 4.17. The van der Waals surface area contributed by atoms with Gasteiger partial charge in [-0.15, -0.1) is 0 Å². The fraction of sp³-hybridized carbons (Fsp3) is 0.333. The highest BCUT2D eigenvalue weighted by Gasteiger charge is 2.14. The molecule has 20 heavy (non-hydrogen) atoms. The number of rotatable bonds is 5. The maximum atomic E-state index is 10.3. The minimum Gasteiger partial charge on any atom is -0.393 e. The first kappa shape index (κ1) is 15.1. The molecule has 0 aliphatic heterocycles. The summed E-state index contributed by atoms with van der Waals surface area (Å²) in [6.07, 6.45) is 0.982. The highest BCUT2D eigenvalue weighted by Crippen LogP contribution is 2.24. The average molecular weight is 289 g/mol. The molecular weight excluding hydrogens is 268 g/mol. The smallest absolute Gasteiger partial charge is 0.0586 e. The SMILES string of the molecule is Cc1ccc(CC(O)CC(C)c2ccccc2)c(Cl)c1. The zero-order valence-electron chi connectivity index (χ0n) is 12.0. The minimum absolute atomic E-state index is 0.343. The van der Waals surface area contributed by atoms with Crippen molar-refractivity contribution in [3.05, 3.63) is 70.2 Å². The van der Waals surface area contributed by atoms with Crippen molar-refractivity contribution in [3.63, 3.8) is 0 Å². The van der Waals surface area contributed by atoms with Crippen LogP contribution in [0.1, 0.15) is 36.0 Å². The molecule has 0 bridgehead atoms. The van der Waals surface area contributed by atoms with Gasteiger partial charge < -0.3 is 5.11 Å². The topological polar surface area (TPSA) is 20.2 Å². The molecule has 0 aromatic heterocycles. The zero-order valence-corrected chi connectivity index (χ0v) is 12.8. The van der Waals surface area contributed by atoms with Gasteiger partial charge in [-0.25, -0.2) is 0 Å². The Bertz CT molecular complexity index is 551. The lowest BCUT2D eigenvalue weighted by atomic mass is 9.92. The zero-order chi connectivity index (χ0) is 14.5. The molecule has 0 aliphatic rings. The number of hydrogen-bond acceptors (Lipinski definition) is 1. The summed E-state index contributed by atoms with van der Waals surface area (Å²) in [5.74, 6) is 0.343. The Morgan fingerprint density at radius 1 is 1.10 bits per heavy atom. The van der Waals surface area contributed by atoms with Gasteiger partial charge in [0.1, 0.15) is 0 Å². The van der Waals surface area contributed by atoms with Crippen LogP contribution in [0.4, 0.5) is 0 Å². The fourth-order valence-corrected chi connectivity index (χ4v) is 2.79. The predicted octanol–water partition coefficient (Wildman–Crippen LogP) is 4.75. The van der Waals surface area contributed by atoms with Crippen molar-refractivity contribution in [1.82, 2.24) is 0 Å². The third-order valence-corrected chi connectivity index (χ3v) is 4.01. The normalized spacial score (nSPS) is 14.0. The number of aryl methyl sites for hydroxylation is 1. The van der Waals surface area contributed by atoms with Crippen LogP contribution in [0.3, 0.4) is 0 Å². The van der Waals surface area contributed by atoms with Gasteiger partial charge >= 0.3 is 0 Å². The van der Waals surface area contributed by atoms with Crippen molar-refractivity contribution < 1.29 is 5.11 Å². The van der Waals surface area contributed by atoms with Gasteiger partial charge in [-0.3, -0.25) is 0 Å². The summed E-state index contributed by atoms with van der Waals surface area (Å²) in [5.41, 5.74) is 3.43. The fourth-order valence-electron chi connectivity index (χ4n) is 2.48. The summed E-state index contributed by atoms with van der Waals surface area (Å²) >= 11 is 6.22. The monoisotopic (exact) mass is 288 g/mol. The molecule has 1 N–H and O–H groups in total. The van der Waals surface area contributed by atoms with E-state index in [2.05, 4.69) is 19.1 Å². The Morgan fingerprint density at radius 3 is 2.45 bits per heavy atom. The van der Waals surface area contributed by atoms with E-state index in [9.17, 15) is 5.11 Å². The van der Waals surface area contributed by atoms with Gasteiger partial charge in [0.05, 0.1) is 6.10 Å². The number of aliphatic hydroxyl groups is 1.